The molecule has 0 bridgehead atoms. The van der Waals surface area contributed by atoms with Crippen molar-refractivity contribution >= 4 is 5.91 Å². The lowest BCUT2D eigenvalue weighted by molar-refractivity contribution is -0.120. The Morgan fingerprint density at radius 3 is 2.62 bits per heavy atom. The fourth-order valence-corrected chi connectivity index (χ4v) is 2.77. The van der Waals surface area contributed by atoms with Crippen molar-refractivity contribution in [3.8, 4) is 11.5 Å². The molecular weight excluding hydrogens is 304 g/mol. The molecule has 1 amide bonds. The first-order chi connectivity index (χ1) is 11.6. The number of ether oxygens (including phenoxy) is 2. The van der Waals surface area contributed by atoms with Gasteiger partial charge in [0.15, 0.2) is 11.5 Å². The van der Waals surface area contributed by atoms with E-state index in [1.807, 2.05) is 62.6 Å². The van der Waals surface area contributed by atoms with Crippen LogP contribution >= 0.6 is 0 Å². The fourth-order valence-electron chi connectivity index (χ4n) is 2.77. The van der Waals surface area contributed by atoms with Crippen molar-refractivity contribution in [2.24, 2.45) is 0 Å². The van der Waals surface area contributed by atoms with Crippen LogP contribution in [0.5, 0.6) is 11.5 Å². The van der Waals surface area contributed by atoms with Crippen molar-refractivity contribution in [1.82, 2.24) is 10.2 Å². The van der Waals surface area contributed by atoms with Crippen LogP contribution in [0.25, 0.3) is 0 Å². The molecule has 0 radical (unpaired) electrons. The number of hydrogen-bond donors (Lipinski definition) is 1. The van der Waals surface area contributed by atoms with E-state index >= 15 is 0 Å². The van der Waals surface area contributed by atoms with Crippen LogP contribution in [0, 0.1) is 0 Å². The molecule has 24 heavy (non-hydrogen) atoms. The summed E-state index contributed by atoms with van der Waals surface area (Å²) in [5, 5.41) is 3.03. The first kappa shape index (κ1) is 16.3. The van der Waals surface area contributed by atoms with E-state index in [4.69, 9.17) is 9.47 Å². The van der Waals surface area contributed by atoms with Gasteiger partial charge < -0.3 is 19.7 Å². The normalized spacial score (nSPS) is 13.8. The van der Waals surface area contributed by atoms with Crippen molar-refractivity contribution in [3.05, 3.63) is 59.7 Å². The number of hydrogen-bond acceptors (Lipinski definition) is 4. The van der Waals surface area contributed by atoms with Gasteiger partial charge in [-0.25, -0.2) is 0 Å². The molecule has 0 saturated heterocycles. The number of likely N-dealkylation sites (N-methyl/N-ethyl adjacent to an activating group) is 1. The smallest absolute Gasteiger partial charge is 0.231 e. The molecule has 0 aliphatic carbocycles. The van der Waals surface area contributed by atoms with Crippen LogP contribution in [0.3, 0.4) is 0 Å². The van der Waals surface area contributed by atoms with Gasteiger partial charge in [0.25, 0.3) is 0 Å². The molecule has 1 aliphatic rings. The number of carbonyl (C=O) groups is 1. The quantitative estimate of drug-likeness (QED) is 0.885. The van der Waals surface area contributed by atoms with Crippen molar-refractivity contribution in [3.63, 3.8) is 0 Å². The van der Waals surface area contributed by atoms with Gasteiger partial charge in [0, 0.05) is 6.54 Å². The number of nitrogens with zero attached hydrogens (tertiary/aromatic N) is 1. The van der Waals surface area contributed by atoms with E-state index in [2.05, 4.69) is 10.2 Å². The molecule has 1 aliphatic heterocycles. The highest BCUT2D eigenvalue weighted by atomic mass is 16.7. The minimum Gasteiger partial charge on any atom is -0.454 e. The average molecular weight is 326 g/mol. The van der Waals surface area contributed by atoms with E-state index in [-0.39, 0.29) is 18.7 Å². The van der Waals surface area contributed by atoms with Crippen LogP contribution in [-0.4, -0.2) is 38.2 Å². The first-order valence-electron chi connectivity index (χ1n) is 8.00. The second kappa shape index (κ2) is 7.36. The summed E-state index contributed by atoms with van der Waals surface area (Å²) < 4.78 is 10.8. The largest absolute Gasteiger partial charge is 0.454 e. The summed E-state index contributed by atoms with van der Waals surface area (Å²) in [6.07, 6.45) is 0.391. The Labute approximate surface area is 142 Å². The highest BCUT2D eigenvalue weighted by Gasteiger charge is 2.20. The summed E-state index contributed by atoms with van der Waals surface area (Å²) in [5.74, 6) is 1.55. The lowest BCUT2D eigenvalue weighted by atomic mass is 10.0. The number of benzene rings is 2. The van der Waals surface area contributed by atoms with Gasteiger partial charge in [0.05, 0.1) is 12.5 Å². The van der Waals surface area contributed by atoms with Crippen LogP contribution in [-0.2, 0) is 11.2 Å². The predicted molar refractivity (Wildman–Crippen MR) is 92.1 cm³/mol. The summed E-state index contributed by atoms with van der Waals surface area (Å²) in [4.78, 5) is 14.3. The number of nitrogens with one attached hydrogen (secondary N) is 1. The standard InChI is InChI=1S/C19H22N2O3/c1-21(2)16(15-8-9-17-18(11-15)24-13-23-17)12-20-19(22)10-14-6-4-3-5-7-14/h3-9,11,16H,10,12-13H2,1-2H3,(H,20,22)/t16-/m1/s1. The van der Waals surface area contributed by atoms with Gasteiger partial charge >= 0.3 is 0 Å². The van der Waals surface area contributed by atoms with Gasteiger partial charge in [-0.3, -0.25) is 4.79 Å². The molecule has 5 nitrogen and oxygen atoms in total. The zero-order valence-corrected chi connectivity index (χ0v) is 14.0. The van der Waals surface area contributed by atoms with Crippen molar-refractivity contribution in [2.75, 3.05) is 27.4 Å². The highest BCUT2D eigenvalue weighted by Crippen LogP contribution is 2.34. The third kappa shape index (κ3) is 3.86. The average Bonchev–Trinajstić information content (AvgIpc) is 3.03. The van der Waals surface area contributed by atoms with Crippen LogP contribution in [0.1, 0.15) is 17.2 Å². The van der Waals surface area contributed by atoms with E-state index in [0.717, 1.165) is 22.6 Å². The molecule has 0 fully saturated rings. The van der Waals surface area contributed by atoms with E-state index in [1.165, 1.54) is 0 Å². The Hall–Kier alpha value is -2.53. The first-order valence-corrected chi connectivity index (χ1v) is 8.00. The van der Waals surface area contributed by atoms with E-state index in [9.17, 15) is 4.79 Å². The van der Waals surface area contributed by atoms with E-state index < -0.39 is 0 Å². The molecule has 1 atom stereocenters. The van der Waals surface area contributed by atoms with Gasteiger partial charge in [0.1, 0.15) is 0 Å². The second-order valence-corrected chi connectivity index (χ2v) is 6.06. The number of amides is 1. The zero-order valence-electron chi connectivity index (χ0n) is 14.0. The maximum atomic E-state index is 12.2. The van der Waals surface area contributed by atoms with Gasteiger partial charge in [0.2, 0.25) is 12.7 Å². The molecule has 1 heterocycles. The molecule has 3 rings (SSSR count). The molecule has 0 spiro atoms. The Bertz CT molecular complexity index is 701. The minimum absolute atomic E-state index is 0.0220. The topological polar surface area (TPSA) is 50.8 Å². The molecule has 2 aromatic carbocycles. The SMILES string of the molecule is CN(C)[C@H](CNC(=O)Cc1ccccc1)c1ccc2c(c1)OCO2. The fraction of sp³-hybridized carbons (Fsp3) is 0.316. The second-order valence-electron chi connectivity index (χ2n) is 6.06. The molecule has 1 N–H and O–H groups in total. The Balaban J connectivity index is 1.63. The van der Waals surface area contributed by atoms with Crippen molar-refractivity contribution in [2.45, 2.75) is 12.5 Å². The Morgan fingerprint density at radius 2 is 1.88 bits per heavy atom. The van der Waals surface area contributed by atoms with E-state index in [1.54, 1.807) is 0 Å². The monoisotopic (exact) mass is 326 g/mol. The summed E-state index contributed by atoms with van der Waals surface area (Å²) in [5.41, 5.74) is 2.10. The van der Waals surface area contributed by atoms with Gasteiger partial charge in [-0.15, -0.1) is 0 Å². The summed E-state index contributed by atoms with van der Waals surface area (Å²) >= 11 is 0. The maximum Gasteiger partial charge on any atom is 0.231 e. The number of fused-ring (bicyclic) bond motifs is 1. The lowest BCUT2D eigenvalue weighted by Crippen LogP contribution is -2.35. The highest BCUT2D eigenvalue weighted by molar-refractivity contribution is 5.78. The molecule has 0 aromatic heterocycles. The van der Waals surface area contributed by atoms with Gasteiger partial charge in [-0.2, -0.15) is 0 Å². The summed E-state index contributed by atoms with van der Waals surface area (Å²) in [6, 6.07) is 15.7. The zero-order chi connectivity index (χ0) is 16.9. The molecule has 0 unspecified atom stereocenters. The number of carbonyl (C=O) groups excluding carboxylic acids is 1. The van der Waals surface area contributed by atoms with Gasteiger partial charge in [-0.1, -0.05) is 36.4 Å². The van der Waals surface area contributed by atoms with Crippen molar-refractivity contribution in [1.29, 1.82) is 0 Å². The van der Waals surface area contributed by atoms with E-state index in [0.29, 0.717) is 13.0 Å². The van der Waals surface area contributed by atoms with Crippen LogP contribution in [0.15, 0.2) is 48.5 Å². The molecule has 5 heteroatoms. The van der Waals surface area contributed by atoms with Crippen LogP contribution < -0.4 is 14.8 Å². The predicted octanol–water partition coefficient (Wildman–Crippen LogP) is 2.38. The molecular formula is C19H22N2O3. The third-order valence-electron chi connectivity index (χ3n) is 4.10. The summed E-state index contributed by atoms with van der Waals surface area (Å²) in [6.45, 7) is 0.803. The maximum absolute atomic E-state index is 12.2. The Morgan fingerprint density at radius 1 is 1.12 bits per heavy atom. The number of rotatable bonds is 6. The van der Waals surface area contributed by atoms with Crippen molar-refractivity contribution < 1.29 is 14.3 Å². The van der Waals surface area contributed by atoms with Crippen LogP contribution in [0.2, 0.25) is 0 Å². The molecule has 2 aromatic rings. The summed E-state index contributed by atoms with van der Waals surface area (Å²) in [7, 11) is 4.00. The third-order valence-corrected chi connectivity index (χ3v) is 4.10. The molecule has 0 saturated carbocycles. The molecule has 126 valence electrons. The Kier molecular flexibility index (Phi) is 5.01. The minimum atomic E-state index is 0.0220. The lowest BCUT2D eigenvalue weighted by Gasteiger charge is -2.25. The van der Waals surface area contributed by atoms with Crippen LogP contribution in [0.4, 0.5) is 0 Å². The van der Waals surface area contributed by atoms with Gasteiger partial charge in [-0.05, 0) is 37.4 Å².